The van der Waals surface area contributed by atoms with Crippen molar-refractivity contribution < 1.29 is 0 Å². The predicted octanol–water partition coefficient (Wildman–Crippen LogP) is 4.08. The molecule has 0 radical (unpaired) electrons. The highest BCUT2D eigenvalue weighted by Gasteiger charge is 2.18. The van der Waals surface area contributed by atoms with Gasteiger partial charge in [-0.05, 0) is 19.0 Å². The maximum absolute atomic E-state index is 11.1. The molecule has 0 bridgehead atoms. The van der Waals surface area contributed by atoms with E-state index in [1.807, 2.05) is 48.6 Å². The van der Waals surface area contributed by atoms with Gasteiger partial charge in [0.15, 0.2) is 4.96 Å². The molecule has 1 aromatic carbocycles. The Labute approximate surface area is 108 Å². The lowest BCUT2D eigenvalue weighted by Crippen LogP contribution is -1.84. The summed E-state index contributed by atoms with van der Waals surface area (Å²) >= 11 is 1.58. The van der Waals surface area contributed by atoms with Crippen LogP contribution in [-0.2, 0) is 0 Å². The average molecular weight is 257 g/mol. The van der Waals surface area contributed by atoms with Crippen LogP contribution in [0.15, 0.2) is 35.5 Å². The summed E-state index contributed by atoms with van der Waals surface area (Å²) in [7, 11) is 0. The lowest BCUT2D eigenvalue weighted by atomic mass is 10.1. The maximum Gasteiger partial charge on any atom is 0.210 e. The van der Waals surface area contributed by atoms with E-state index < -0.39 is 0 Å². The number of thiazole rings is 1. The largest absolute Gasteiger partial charge is 0.269 e. The predicted molar refractivity (Wildman–Crippen MR) is 73.4 cm³/mol. The molecule has 5 heteroatoms. The second-order valence-electron chi connectivity index (χ2n) is 4.10. The number of aryl methyl sites for hydroxylation is 2. The fourth-order valence-electron chi connectivity index (χ4n) is 2.00. The van der Waals surface area contributed by atoms with E-state index >= 15 is 0 Å². The Morgan fingerprint density at radius 3 is 2.61 bits per heavy atom. The Morgan fingerprint density at radius 1 is 1.22 bits per heavy atom. The van der Waals surface area contributed by atoms with Crippen LogP contribution in [0.3, 0.4) is 0 Å². The van der Waals surface area contributed by atoms with Crippen LogP contribution in [-0.4, -0.2) is 9.38 Å². The van der Waals surface area contributed by atoms with Gasteiger partial charge in [-0.3, -0.25) is 4.40 Å². The molecule has 2 aromatic heterocycles. The van der Waals surface area contributed by atoms with Crippen LogP contribution < -0.4 is 0 Å². The second kappa shape index (κ2) is 4.03. The van der Waals surface area contributed by atoms with E-state index in [2.05, 4.69) is 10.2 Å². The van der Waals surface area contributed by atoms with E-state index in [9.17, 15) is 4.91 Å². The van der Waals surface area contributed by atoms with Crippen molar-refractivity contribution >= 4 is 22.1 Å². The van der Waals surface area contributed by atoms with Gasteiger partial charge in [-0.25, -0.2) is 4.98 Å². The van der Waals surface area contributed by atoms with Crippen LogP contribution in [0, 0.1) is 18.8 Å². The monoisotopic (exact) mass is 257 g/mol. The molecule has 0 amide bonds. The molecule has 2 heterocycles. The fourth-order valence-corrected chi connectivity index (χ4v) is 2.97. The first-order valence-electron chi connectivity index (χ1n) is 5.59. The molecule has 0 atom stereocenters. The van der Waals surface area contributed by atoms with Crippen LogP contribution in [0.4, 0.5) is 5.82 Å². The van der Waals surface area contributed by atoms with Crippen molar-refractivity contribution in [3.05, 3.63) is 45.8 Å². The topological polar surface area (TPSA) is 46.7 Å². The molecule has 0 fully saturated rings. The van der Waals surface area contributed by atoms with Crippen LogP contribution in [0.1, 0.15) is 10.6 Å². The number of nitroso groups, excluding NO2 is 1. The van der Waals surface area contributed by atoms with Crippen LogP contribution in [0.2, 0.25) is 0 Å². The van der Waals surface area contributed by atoms with Gasteiger partial charge in [0.05, 0.1) is 0 Å². The Balaban J connectivity index is 2.35. The molecule has 0 aliphatic heterocycles. The molecule has 3 aromatic rings. The summed E-state index contributed by atoms with van der Waals surface area (Å²) in [5, 5.41) is 3.17. The highest BCUT2D eigenvalue weighted by atomic mass is 32.1. The van der Waals surface area contributed by atoms with Gasteiger partial charge < -0.3 is 0 Å². The van der Waals surface area contributed by atoms with Gasteiger partial charge in [0.1, 0.15) is 5.69 Å². The van der Waals surface area contributed by atoms with E-state index in [1.165, 1.54) is 0 Å². The fraction of sp³-hybridized carbons (Fsp3) is 0.154. The average Bonchev–Trinajstić information content (AvgIpc) is 2.88. The maximum atomic E-state index is 11.1. The molecule has 18 heavy (non-hydrogen) atoms. The van der Waals surface area contributed by atoms with Gasteiger partial charge in [0.2, 0.25) is 5.82 Å². The standard InChI is InChI=1S/C13H11N3OS/c1-8-9(2)18-13-14-11(12(15-17)16(8)13)10-6-4-3-5-7-10/h3-7H,1-2H3. The molecular weight excluding hydrogens is 246 g/mol. The highest BCUT2D eigenvalue weighted by Crippen LogP contribution is 2.35. The Bertz CT molecular complexity index is 728. The molecule has 0 aliphatic carbocycles. The third-order valence-electron chi connectivity index (χ3n) is 3.05. The summed E-state index contributed by atoms with van der Waals surface area (Å²) in [5.74, 6) is 0.387. The summed E-state index contributed by atoms with van der Waals surface area (Å²) in [6.45, 7) is 4.00. The van der Waals surface area contributed by atoms with Crippen molar-refractivity contribution in [3.8, 4) is 11.3 Å². The van der Waals surface area contributed by atoms with Gasteiger partial charge in [-0.1, -0.05) is 30.3 Å². The van der Waals surface area contributed by atoms with Gasteiger partial charge >= 0.3 is 0 Å². The second-order valence-corrected chi connectivity index (χ2v) is 5.28. The number of nitrogens with zero attached hydrogens (tertiary/aromatic N) is 3. The Morgan fingerprint density at radius 2 is 1.94 bits per heavy atom. The van der Waals surface area contributed by atoms with Crippen molar-refractivity contribution in [1.82, 2.24) is 9.38 Å². The number of hydrogen-bond acceptors (Lipinski definition) is 4. The number of aromatic nitrogens is 2. The van der Waals surface area contributed by atoms with Gasteiger partial charge in [0, 0.05) is 16.1 Å². The molecule has 0 spiro atoms. The first kappa shape index (κ1) is 11.1. The van der Waals surface area contributed by atoms with Crippen LogP contribution in [0.25, 0.3) is 16.2 Å². The van der Waals surface area contributed by atoms with Crippen LogP contribution in [0.5, 0.6) is 0 Å². The lowest BCUT2D eigenvalue weighted by Gasteiger charge is -1.98. The van der Waals surface area contributed by atoms with E-state index in [0.717, 1.165) is 21.1 Å². The first-order valence-corrected chi connectivity index (χ1v) is 6.41. The zero-order valence-electron chi connectivity index (χ0n) is 10.0. The molecule has 0 saturated carbocycles. The third kappa shape index (κ3) is 1.48. The minimum Gasteiger partial charge on any atom is -0.269 e. The minimum absolute atomic E-state index is 0.387. The minimum atomic E-state index is 0.387. The van der Waals surface area contributed by atoms with E-state index in [4.69, 9.17) is 0 Å². The number of fused-ring (bicyclic) bond motifs is 1. The zero-order chi connectivity index (χ0) is 12.7. The zero-order valence-corrected chi connectivity index (χ0v) is 10.9. The van der Waals surface area contributed by atoms with Crippen molar-refractivity contribution in [2.75, 3.05) is 0 Å². The van der Waals surface area contributed by atoms with E-state index in [0.29, 0.717) is 11.5 Å². The smallest absolute Gasteiger partial charge is 0.210 e. The number of benzene rings is 1. The van der Waals surface area contributed by atoms with Gasteiger partial charge in [-0.15, -0.1) is 16.2 Å². The normalized spacial score (nSPS) is 11.0. The summed E-state index contributed by atoms with van der Waals surface area (Å²) < 4.78 is 1.83. The molecule has 3 rings (SSSR count). The Hall–Kier alpha value is -2.01. The SMILES string of the molecule is Cc1sc2nc(-c3ccccc3)c(N=O)n2c1C. The molecule has 0 unspecified atom stereocenters. The van der Waals surface area contributed by atoms with Crippen molar-refractivity contribution in [1.29, 1.82) is 0 Å². The van der Waals surface area contributed by atoms with Crippen molar-refractivity contribution in [2.45, 2.75) is 13.8 Å². The van der Waals surface area contributed by atoms with E-state index in [-0.39, 0.29) is 0 Å². The lowest BCUT2D eigenvalue weighted by molar-refractivity contribution is 1.10. The third-order valence-corrected chi connectivity index (χ3v) is 4.10. The molecule has 90 valence electrons. The first-order chi connectivity index (χ1) is 8.72. The quantitative estimate of drug-likeness (QED) is 0.649. The molecule has 0 aliphatic rings. The van der Waals surface area contributed by atoms with Crippen molar-refractivity contribution in [3.63, 3.8) is 0 Å². The summed E-state index contributed by atoms with van der Waals surface area (Å²) in [5.41, 5.74) is 2.60. The Kier molecular flexibility index (Phi) is 2.48. The molecule has 0 saturated heterocycles. The highest BCUT2D eigenvalue weighted by molar-refractivity contribution is 7.17. The molecule has 4 nitrogen and oxygen atoms in total. The van der Waals surface area contributed by atoms with Gasteiger partial charge in [0.25, 0.3) is 0 Å². The number of imidazole rings is 1. The number of hydrogen-bond donors (Lipinski definition) is 0. The van der Waals surface area contributed by atoms with Crippen molar-refractivity contribution in [2.24, 2.45) is 5.18 Å². The summed E-state index contributed by atoms with van der Waals surface area (Å²) in [4.78, 5) is 17.6. The van der Waals surface area contributed by atoms with Gasteiger partial charge in [-0.2, -0.15) is 0 Å². The van der Waals surface area contributed by atoms with Crippen LogP contribution >= 0.6 is 11.3 Å². The molecule has 0 N–H and O–H groups in total. The van der Waals surface area contributed by atoms with E-state index in [1.54, 1.807) is 11.3 Å². The molecular formula is C13H11N3OS. The summed E-state index contributed by atoms with van der Waals surface area (Å²) in [6.07, 6.45) is 0. The summed E-state index contributed by atoms with van der Waals surface area (Å²) in [6, 6.07) is 9.66. The number of rotatable bonds is 2.